The van der Waals surface area contributed by atoms with Gasteiger partial charge in [0.05, 0.1) is 18.7 Å². The fourth-order valence-corrected chi connectivity index (χ4v) is 6.41. The lowest BCUT2D eigenvalue weighted by atomic mass is 9.94. The summed E-state index contributed by atoms with van der Waals surface area (Å²) in [7, 11) is 1.64. The van der Waals surface area contributed by atoms with Gasteiger partial charge in [-0.25, -0.2) is 4.98 Å². The molecule has 2 atom stereocenters. The Morgan fingerprint density at radius 2 is 1.88 bits per heavy atom. The van der Waals surface area contributed by atoms with Crippen LogP contribution in [0.5, 0.6) is 5.75 Å². The van der Waals surface area contributed by atoms with Crippen LogP contribution >= 0.6 is 11.3 Å². The Hall–Kier alpha value is -4.34. The second kappa shape index (κ2) is 11.5. The molecule has 1 amide bonds. The SMILES string of the molecule is COc1cccc(-c2cc(C(=O)N3CCCC3c3nc(C)cs3)cc(-c3nnc(C(C)(N)Cc4ccccc4)o3)c2)c1. The van der Waals surface area contributed by atoms with Gasteiger partial charge >= 0.3 is 0 Å². The highest BCUT2D eigenvalue weighted by Crippen LogP contribution is 2.37. The van der Waals surface area contributed by atoms with Crippen LogP contribution in [0.2, 0.25) is 0 Å². The maximum atomic E-state index is 14.1. The molecular weight excluding hydrogens is 546 g/mol. The highest BCUT2D eigenvalue weighted by atomic mass is 32.1. The number of thiazole rings is 1. The Morgan fingerprint density at radius 1 is 1.07 bits per heavy atom. The molecule has 1 saturated heterocycles. The summed E-state index contributed by atoms with van der Waals surface area (Å²) in [5.74, 6) is 1.31. The third-order valence-electron chi connectivity index (χ3n) is 7.59. The molecule has 2 unspecified atom stereocenters. The Morgan fingerprint density at radius 3 is 2.64 bits per heavy atom. The second-order valence-corrected chi connectivity index (χ2v) is 11.9. The summed E-state index contributed by atoms with van der Waals surface area (Å²) in [5.41, 5.74) is 10.8. The molecule has 42 heavy (non-hydrogen) atoms. The third kappa shape index (κ3) is 5.70. The lowest BCUT2D eigenvalue weighted by molar-refractivity contribution is 0.0735. The lowest BCUT2D eigenvalue weighted by Gasteiger charge is -2.24. The van der Waals surface area contributed by atoms with Crippen molar-refractivity contribution in [2.75, 3.05) is 13.7 Å². The summed E-state index contributed by atoms with van der Waals surface area (Å²) in [6.45, 7) is 4.54. The smallest absolute Gasteiger partial charge is 0.254 e. The molecule has 3 heterocycles. The molecule has 9 heteroatoms. The van der Waals surface area contributed by atoms with Gasteiger partial charge in [-0.3, -0.25) is 4.79 Å². The molecule has 2 N–H and O–H groups in total. The van der Waals surface area contributed by atoms with E-state index < -0.39 is 5.54 Å². The van der Waals surface area contributed by atoms with Crippen molar-refractivity contribution in [2.45, 2.75) is 44.7 Å². The highest BCUT2D eigenvalue weighted by molar-refractivity contribution is 7.09. The van der Waals surface area contributed by atoms with Crippen molar-refractivity contribution in [1.29, 1.82) is 0 Å². The lowest BCUT2D eigenvalue weighted by Crippen LogP contribution is -2.35. The Kier molecular flexibility index (Phi) is 7.62. The van der Waals surface area contributed by atoms with Crippen molar-refractivity contribution in [1.82, 2.24) is 20.1 Å². The van der Waals surface area contributed by atoms with E-state index in [1.165, 1.54) is 0 Å². The van der Waals surface area contributed by atoms with Crippen LogP contribution in [0, 0.1) is 6.92 Å². The number of methoxy groups -OCH3 is 1. The minimum Gasteiger partial charge on any atom is -0.497 e. The Labute approximate surface area is 249 Å². The van der Waals surface area contributed by atoms with Crippen LogP contribution in [0.3, 0.4) is 0 Å². The molecule has 1 aliphatic heterocycles. The van der Waals surface area contributed by atoms with Gasteiger partial charge in [0.1, 0.15) is 10.8 Å². The zero-order valence-corrected chi connectivity index (χ0v) is 24.7. The fraction of sp³-hybridized carbons (Fsp3) is 0.273. The number of hydrogen-bond acceptors (Lipinski definition) is 8. The van der Waals surface area contributed by atoms with E-state index in [9.17, 15) is 4.79 Å². The number of benzene rings is 3. The van der Waals surface area contributed by atoms with Crippen LogP contribution in [0.1, 0.15) is 58.3 Å². The highest BCUT2D eigenvalue weighted by Gasteiger charge is 2.33. The van der Waals surface area contributed by atoms with Gasteiger partial charge in [0, 0.05) is 28.7 Å². The number of nitrogens with zero attached hydrogens (tertiary/aromatic N) is 4. The van der Waals surface area contributed by atoms with Gasteiger partial charge in [0.15, 0.2) is 0 Å². The quantitative estimate of drug-likeness (QED) is 0.221. The molecule has 5 aromatic rings. The fourth-order valence-electron chi connectivity index (χ4n) is 5.47. The third-order valence-corrected chi connectivity index (χ3v) is 8.66. The van der Waals surface area contributed by atoms with Crippen LogP contribution in [0.4, 0.5) is 0 Å². The number of rotatable bonds is 8. The first kappa shape index (κ1) is 27.8. The molecule has 8 nitrogen and oxygen atoms in total. The number of ether oxygens (including phenoxy) is 1. The molecule has 0 aliphatic carbocycles. The summed E-state index contributed by atoms with van der Waals surface area (Å²) in [6, 6.07) is 23.4. The van der Waals surface area contributed by atoms with Crippen LogP contribution in [-0.2, 0) is 12.0 Å². The number of amides is 1. The summed E-state index contributed by atoms with van der Waals surface area (Å²) >= 11 is 1.61. The largest absolute Gasteiger partial charge is 0.497 e. The number of hydrogen-bond donors (Lipinski definition) is 1. The monoisotopic (exact) mass is 579 g/mol. The van der Waals surface area contributed by atoms with E-state index in [0.717, 1.165) is 46.0 Å². The van der Waals surface area contributed by atoms with Crippen molar-refractivity contribution in [3.63, 3.8) is 0 Å². The maximum Gasteiger partial charge on any atom is 0.254 e. The molecule has 3 aromatic carbocycles. The summed E-state index contributed by atoms with van der Waals surface area (Å²) < 4.78 is 11.7. The van der Waals surface area contributed by atoms with E-state index >= 15 is 0 Å². The second-order valence-electron chi connectivity index (χ2n) is 11.0. The zero-order valence-electron chi connectivity index (χ0n) is 23.9. The normalized spacial score (nSPS) is 16.4. The standard InChI is InChI=1S/C33H33N5O3S/c1-21-20-42-30(35-21)28-13-8-14-38(28)31(39)26-16-24(23-11-7-12-27(18-23)40-3)15-25(17-26)29-36-37-32(41-29)33(2,34)19-22-9-5-4-6-10-22/h4-7,9-12,15-18,20,28H,8,13-14,19,34H2,1-3H3. The van der Waals surface area contributed by atoms with Crippen molar-refractivity contribution in [3.05, 3.63) is 106 Å². The van der Waals surface area contributed by atoms with E-state index in [2.05, 4.69) is 15.2 Å². The number of aromatic nitrogens is 3. The summed E-state index contributed by atoms with van der Waals surface area (Å²) in [4.78, 5) is 20.7. The van der Waals surface area contributed by atoms with Gasteiger partial charge in [-0.1, -0.05) is 42.5 Å². The molecule has 1 aliphatic rings. The van der Waals surface area contributed by atoms with Crippen LogP contribution in [0.15, 0.2) is 82.6 Å². The van der Waals surface area contributed by atoms with E-state index in [1.54, 1.807) is 18.4 Å². The molecular formula is C33H33N5O3S. The van der Waals surface area contributed by atoms with Gasteiger partial charge in [-0.05, 0) is 80.1 Å². The number of carbonyl (C=O) groups excluding carboxylic acids is 1. The molecule has 214 valence electrons. The number of nitrogens with two attached hydrogens (primary N) is 1. The van der Waals surface area contributed by atoms with Gasteiger partial charge in [-0.15, -0.1) is 21.5 Å². The predicted molar refractivity (Wildman–Crippen MR) is 163 cm³/mol. The van der Waals surface area contributed by atoms with Crippen LogP contribution < -0.4 is 10.5 Å². The molecule has 0 saturated carbocycles. The van der Waals surface area contributed by atoms with Crippen molar-refractivity contribution in [3.8, 4) is 28.3 Å². The zero-order chi connectivity index (χ0) is 29.3. The van der Waals surface area contributed by atoms with Gasteiger partial charge in [-0.2, -0.15) is 0 Å². The molecule has 0 radical (unpaired) electrons. The Bertz CT molecular complexity index is 1710. The number of likely N-dealkylation sites (tertiary alicyclic amines) is 1. The first-order valence-corrected chi connectivity index (χ1v) is 14.9. The minimum absolute atomic E-state index is 0.0360. The summed E-state index contributed by atoms with van der Waals surface area (Å²) in [5, 5.41) is 11.7. The van der Waals surface area contributed by atoms with Crippen molar-refractivity contribution < 1.29 is 13.9 Å². The van der Waals surface area contributed by atoms with E-state index in [1.807, 2.05) is 96.9 Å². The molecule has 0 bridgehead atoms. The Balaban J connectivity index is 1.38. The number of carbonyl (C=O) groups is 1. The number of aryl methyl sites for hydroxylation is 1. The first-order valence-electron chi connectivity index (χ1n) is 14.0. The van der Waals surface area contributed by atoms with E-state index in [4.69, 9.17) is 14.9 Å². The molecule has 1 fully saturated rings. The summed E-state index contributed by atoms with van der Waals surface area (Å²) in [6.07, 6.45) is 2.36. The average Bonchev–Trinajstić information content (AvgIpc) is 3.78. The topological polar surface area (TPSA) is 107 Å². The molecule has 2 aromatic heterocycles. The van der Waals surface area contributed by atoms with Crippen LogP contribution in [0.25, 0.3) is 22.6 Å². The molecule has 6 rings (SSSR count). The van der Waals surface area contributed by atoms with Gasteiger partial charge in [0.2, 0.25) is 11.8 Å². The maximum absolute atomic E-state index is 14.1. The minimum atomic E-state index is -0.871. The molecule has 0 spiro atoms. The van der Waals surface area contributed by atoms with Gasteiger partial charge in [0.25, 0.3) is 5.91 Å². The van der Waals surface area contributed by atoms with Crippen LogP contribution in [-0.4, -0.2) is 39.6 Å². The van der Waals surface area contributed by atoms with Crippen molar-refractivity contribution >= 4 is 17.2 Å². The van der Waals surface area contributed by atoms with Crippen molar-refractivity contribution in [2.24, 2.45) is 5.73 Å². The first-order chi connectivity index (χ1) is 20.3. The van der Waals surface area contributed by atoms with E-state index in [0.29, 0.717) is 35.9 Å². The average molecular weight is 580 g/mol. The predicted octanol–water partition coefficient (Wildman–Crippen LogP) is 6.57. The van der Waals surface area contributed by atoms with Gasteiger partial charge < -0.3 is 19.8 Å². The van der Waals surface area contributed by atoms with E-state index in [-0.39, 0.29) is 11.9 Å².